The highest BCUT2D eigenvalue weighted by molar-refractivity contribution is 4.77. The Morgan fingerprint density at radius 2 is 2.40 bits per heavy atom. The molecule has 0 aromatic rings. The second-order valence-electron chi connectivity index (χ2n) is 3.46. The van der Waals surface area contributed by atoms with Crippen LogP contribution in [-0.4, -0.2) is 0 Å². The van der Waals surface area contributed by atoms with Crippen LogP contribution >= 0.6 is 0 Å². The Kier molecular flexibility index (Phi) is 3.86. The Balaban J connectivity index is 2.02. The fourth-order valence-electron chi connectivity index (χ4n) is 1.78. The largest absolute Gasteiger partial charge is 0.0654 e. The van der Waals surface area contributed by atoms with Gasteiger partial charge in [-0.15, -0.1) is 0 Å². The van der Waals surface area contributed by atoms with E-state index in [9.17, 15) is 0 Å². The van der Waals surface area contributed by atoms with Crippen molar-refractivity contribution in [2.24, 2.45) is 5.92 Å². The van der Waals surface area contributed by atoms with Gasteiger partial charge in [0.15, 0.2) is 0 Å². The van der Waals surface area contributed by atoms with Crippen LogP contribution in [0.15, 0.2) is 0 Å². The molecular formula is C10H19. The Bertz CT molecular complexity index is 70.1. The topological polar surface area (TPSA) is 0 Å². The molecule has 59 valence electrons. The molecule has 0 aromatic heterocycles. The van der Waals surface area contributed by atoms with Crippen molar-refractivity contribution in [2.75, 3.05) is 0 Å². The molecule has 0 aromatic carbocycles. The van der Waals surface area contributed by atoms with E-state index in [-0.39, 0.29) is 0 Å². The monoisotopic (exact) mass is 139 g/mol. The molecule has 1 fully saturated rings. The Labute approximate surface area is 65.0 Å². The first kappa shape index (κ1) is 8.10. The van der Waals surface area contributed by atoms with Crippen LogP contribution in [0.5, 0.6) is 0 Å². The predicted octanol–water partition coefficient (Wildman–Crippen LogP) is 3.57. The van der Waals surface area contributed by atoms with Crippen molar-refractivity contribution in [1.29, 1.82) is 0 Å². The van der Waals surface area contributed by atoms with Gasteiger partial charge in [0.25, 0.3) is 0 Å². The third-order valence-corrected chi connectivity index (χ3v) is 2.49. The summed E-state index contributed by atoms with van der Waals surface area (Å²) in [5, 5.41) is 0. The minimum Gasteiger partial charge on any atom is -0.0654 e. The summed E-state index contributed by atoms with van der Waals surface area (Å²) in [5.41, 5.74) is 0. The highest BCUT2D eigenvalue weighted by atomic mass is 14.2. The number of hydrogen-bond donors (Lipinski definition) is 0. The van der Waals surface area contributed by atoms with Gasteiger partial charge in [-0.1, -0.05) is 45.4 Å². The van der Waals surface area contributed by atoms with Crippen molar-refractivity contribution in [3.8, 4) is 0 Å². The summed E-state index contributed by atoms with van der Waals surface area (Å²) >= 11 is 0. The van der Waals surface area contributed by atoms with Gasteiger partial charge in [-0.25, -0.2) is 0 Å². The van der Waals surface area contributed by atoms with E-state index < -0.39 is 0 Å². The number of unbranched alkanes of at least 4 members (excludes halogenated alkanes) is 1. The van der Waals surface area contributed by atoms with Gasteiger partial charge in [-0.3, -0.25) is 0 Å². The lowest BCUT2D eigenvalue weighted by Gasteiger charge is -2.20. The maximum atomic E-state index is 2.48. The van der Waals surface area contributed by atoms with Crippen LogP contribution in [0.2, 0.25) is 0 Å². The molecular weight excluding hydrogens is 120 g/mol. The van der Waals surface area contributed by atoms with Gasteiger partial charge in [0.05, 0.1) is 0 Å². The summed E-state index contributed by atoms with van der Waals surface area (Å²) in [4.78, 5) is 0. The standard InChI is InChI=1S/C10H19/c1-2-3-7-10-8-5-4-6-9-10/h5,10H,2-4,6-9H2,1H3. The minimum atomic E-state index is 1.05. The molecule has 1 atom stereocenters. The molecule has 0 spiro atoms. The maximum absolute atomic E-state index is 2.48. The first-order valence-electron chi connectivity index (χ1n) is 4.75. The highest BCUT2D eigenvalue weighted by Gasteiger charge is 2.11. The van der Waals surface area contributed by atoms with Gasteiger partial charge in [0, 0.05) is 0 Å². The van der Waals surface area contributed by atoms with Gasteiger partial charge < -0.3 is 0 Å². The van der Waals surface area contributed by atoms with Gasteiger partial charge >= 0.3 is 0 Å². The maximum Gasteiger partial charge on any atom is -0.0383 e. The summed E-state index contributed by atoms with van der Waals surface area (Å²) in [6.07, 6.45) is 12.5. The lowest BCUT2D eigenvalue weighted by Crippen LogP contribution is -2.05. The van der Waals surface area contributed by atoms with Gasteiger partial charge in [0.2, 0.25) is 0 Å². The molecule has 1 aliphatic carbocycles. The third kappa shape index (κ3) is 2.72. The zero-order valence-electron chi connectivity index (χ0n) is 7.10. The lowest BCUT2D eigenvalue weighted by atomic mass is 9.86. The minimum absolute atomic E-state index is 1.05. The van der Waals surface area contributed by atoms with E-state index in [1.54, 1.807) is 0 Å². The van der Waals surface area contributed by atoms with Gasteiger partial charge in [-0.05, 0) is 18.8 Å². The summed E-state index contributed by atoms with van der Waals surface area (Å²) in [6.45, 7) is 2.28. The molecule has 0 bridgehead atoms. The van der Waals surface area contributed by atoms with Crippen molar-refractivity contribution in [2.45, 2.75) is 51.9 Å². The van der Waals surface area contributed by atoms with Crippen LogP contribution in [0.25, 0.3) is 0 Å². The average Bonchev–Trinajstić information content (AvgIpc) is 2.03. The van der Waals surface area contributed by atoms with Crippen LogP contribution in [0.3, 0.4) is 0 Å². The van der Waals surface area contributed by atoms with E-state index in [4.69, 9.17) is 0 Å². The second-order valence-corrected chi connectivity index (χ2v) is 3.46. The van der Waals surface area contributed by atoms with Crippen molar-refractivity contribution in [3.63, 3.8) is 0 Å². The van der Waals surface area contributed by atoms with E-state index in [0.717, 1.165) is 5.92 Å². The molecule has 1 radical (unpaired) electrons. The van der Waals surface area contributed by atoms with Crippen molar-refractivity contribution in [3.05, 3.63) is 6.42 Å². The van der Waals surface area contributed by atoms with Crippen LogP contribution in [0.4, 0.5) is 0 Å². The quantitative estimate of drug-likeness (QED) is 0.560. The molecule has 0 amide bonds. The van der Waals surface area contributed by atoms with E-state index in [1.807, 2.05) is 0 Å². The zero-order chi connectivity index (χ0) is 7.23. The van der Waals surface area contributed by atoms with E-state index in [0.29, 0.717) is 0 Å². The zero-order valence-corrected chi connectivity index (χ0v) is 7.10. The molecule has 10 heavy (non-hydrogen) atoms. The lowest BCUT2D eigenvalue weighted by molar-refractivity contribution is 0.378. The van der Waals surface area contributed by atoms with E-state index in [1.165, 1.54) is 44.9 Å². The Morgan fingerprint density at radius 3 is 3.00 bits per heavy atom. The molecule has 0 aliphatic heterocycles. The fourth-order valence-corrected chi connectivity index (χ4v) is 1.78. The first-order chi connectivity index (χ1) is 4.93. The normalized spacial score (nSPS) is 21.3. The van der Waals surface area contributed by atoms with Gasteiger partial charge in [-0.2, -0.15) is 0 Å². The molecule has 0 nitrogen and oxygen atoms in total. The van der Waals surface area contributed by atoms with Crippen molar-refractivity contribution in [1.82, 2.24) is 0 Å². The van der Waals surface area contributed by atoms with Crippen LogP contribution in [-0.2, 0) is 0 Å². The predicted molar refractivity (Wildman–Crippen MR) is 45.8 cm³/mol. The molecule has 0 heterocycles. The molecule has 0 N–H and O–H groups in total. The van der Waals surface area contributed by atoms with Crippen LogP contribution in [0, 0.1) is 12.3 Å². The van der Waals surface area contributed by atoms with Crippen LogP contribution in [0.1, 0.15) is 51.9 Å². The Morgan fingerprint density at radius 1 is 1.50 bits per heavy atom. The second kappa shape index (κ2) is 4.76. The summed E-state index contributed by atoms with van der Waals surface area (Å²) < 4.78 is 0. The highest BCUT2D eigenvalue weighted by Crippen LogP contribution is 2.26. The smallest absolute Gasteiger partial charge is 0.0383 e. The third-order valence-electron chi connectivity index (χ3n) is 2.49. The average molecular weight is 139 g/mol. The van der Waals surface area contributed by atoms with Crippen molar-refractivity contribution < 1.29 is 0 Å². The van der Waals surface area contributed by atoms with E-state index in [2.05, 4.69) is 13.3 Å². The van der Waals surface area contributed by atoms with Crippen molar-refractivity contribution >= 4 is 0 Å². The van der Waals surface area contributed by atoms with Gasteiger partial charge in [0.1, 0.15) is 0 Å². The summed E-state index contributed by atoms with van der Waals surface area (Å²) in [7, 11) is 0. The fraction of sp³-hybridized carbons (Fsp3) is 0.900. The number of rotatable bonds is 3. The molecule has 0 saturated heterocycles. The molecule has 1 saturated carbocycles. The summed E-state index contributed by atoms with van der Waals surface area (Å²) in [5.74, 6) is 1.05. The summed E-state index contributed by atoms with van der Waals surface area (Å²) in [6, 6.07) is 0. The number of hydrogen-bond acceptors (Lipinski definition) is 0. The first-order valence-corrected chi connectivity index (χ1v) is 4.75. The van der Waals surface area contributed by atoms with E-state index >= 15 is 0 Å². The van der Waals surface area contributed by atoms with Crippen LogP contribution < -0.4 is 0 Å². The molecule has 1 rings (SSSR count). The molecule has 1 unspecified atom stereocenters. The molecule has 1 aliphatic rings. The Hall–Kier alpha value is 0. The SMILES string of the molecule is CCCCC1C[CH]CCC1. The molecule has 0 heteroatoms.